The number of aromatic nitrogens is 3. The molecule has 256 valence electrons. The van der Waals surface area contributed by atoms with E-state index in [9.17, 15) is 22.8 Å². The van der Waals surface area contributed by atoms with Gasteiger partial charge in [-0.15, -0.1) is 0 Å². The summed E-state index contributed by atoms with van der Waals surface area (Å²) in [6, 6.07) is 13.1. The van der Waals surface area contributed by atoms with E-state index in [0.29, 0.717) is 30.0 Å². The Labute approximate surface area is 272 Å². The zero-order valence-corrected chi connectivity index (χ0v) is 27.1. The molecule has 0 unspecified atom stereocenters. The number of hydrogen-bond donors (Lipinski definition) is 2. The summed E-state index contributed by atoms with van der Waals surface area (Å²) in [5.74, 6) is 0.00505. The number of ether oxygens (including phenoxy) is 4. The maximum atomic E-state index is 12.8. The maximum Gasteiger partial charge on any atom is 0.422 e. The van der Waals surface area contributed by atoms with Crippen molar-refractivity contribution in [2.24, 2.45) is 0 Å². The summed E-state index contributed by atoms with van der Waals surface area (Å²) < 4.78 is 59.2. The molecule has 2 N–H and O–H groups in total. The lowest BCUT2D eigenvalue weighted by Crippen LogP contribution is -2.23. The Kier molecular flexibility index (Phi) is 14.0. The van der Waals surface area contributed by atoms with Crippen LogP contribution in [0.3, 0.4) is 0 Å². The molecule has 3 aromatic rings. The summed E-state index contributed by atoms with van der Waals surface area (Å²) in [4.78, 5) is 35.8. The second-order valence-electron chi connectivity index (χ2n) is 11.5. The number of hydrogen-bond acceptors (Lipinski definition) is 11. The molecule has 47 heavy (non-hydrogen) atoms. The summed E-state index contributed by atoms with van der Waals surface area (Å²) >= 11 is 0. The van der Waals surface area contributed by atoms with Crippen LogP contribution in [0.1, 0.15) is 82.1 Å². The lowest BCUT2D eigenvalue weighted by Gasteiger charge is -2.19. The van der Waals surface area contributed by atoms with Gasteiger partial charge in [-0.05, 0) is 82.5 Å². The molecule has 0 aliphatic heterocycles. The Morgan fingerprint density at radius 1 is 0.809 bits per heavy atom. The maximum absolute atomic E-state index is 12.8. The zero-order valence-electron chi connectivity index (χ0n) is 27.1. The fourth-order valence-electron chi connectivity index (χ4n) is 4.10. The van der Waals surface area contributed by atoms with Gasteiger partial charge in [-0.2, -0.15) is 28.1 Å². The molecule has 14 heteroatoms. The zero-order chi connectivity index (χ0) is 34.3. The molecule has 0 atom stereocenters. The number of carbonyl (C=O) groups is 2. The molecule has 0 amide bonds. The van der Waals surface area contributed by atoms with Gasteiger partial charge in [0.15, 0.2) is 6.61 Å². The average Bonchev–Trinajstić information content (AvgIpc) is 3.00. The number of nitrogens with zero attached hydrogens (tertiary/aromatic N) is 3. The van der Waals surface area contributed by atoms with Gasteiger partial charge in [0.2, 0.25) is 11.9 Å². The molecule has 0 spiro atoms. The Morgan fingerprint density at radius 2 is 1.47 bits per heavy atom. The fourth-order valence-corrected chi connectivity index (χ4v) is 4.10. The Balaban J connectivity index is 1.48. The van der Waals surface area contributed by atoms with E-state index in [1.807, 2.05) is 45.0 Å². The Bertz CT molecular complexity index is 1410. The van der Waals surface area contributed by atoms with Crippen molar-refractivity contribution in [1.29, 1.82) is 0 Å². The van der Waals surface area contributed by atoms with Crippen molar-refractivity contribution < 1.29 is 41.7 Å². The van der Waals surface area contributed by atoms with Crippen molar-refractivity contribution in [3.05, 3.63) is 59.7 Å². The van der Waals surface area contributed by atoms with Crippen molar-refractivity contribution >= 4 is 29.5 Å². The third-order valence-electron chi connectivity index (χ3n) is 6.22. The summed E-state index contributed by atoms with van der Waals surface area (Å²) in [6.45, 7) is 6.78. The van der Waals surface area contributed by atoms with Crippen LogP contribution in [0.5, 0.6) is 11.8 Å². The number of alkyl halides is 3. The first-order valence-electron chi connectivity index (χ1n) is 15.5. The van der Waals surface area contributed by atoms with Crippen LogP contribution >= 0.6 is 0 Å². The lowest BCUT2D eigenvalue weighted by molar-refractivity contribution is -0.155. The van der Waals surface area contributed by atoms with Gasteiger partial charge < -0.3 is 29.6 Å². The van der Waals surface area contributed by atoms with E-state index in [-0.39, 0.29) is 31.0 Å². The molecule has 1 heterocycles. The van der Waals surface area contributed by atoms with Gasteiger partial charge in [-0.25, -0.2) is 4.79 Å². The Hall–Kier alpha value is -4.62. The minimum Gasteiger partial charge on any atom is -0.494 e. The highest BCUT2D eigenvalue weighted by Crippen LogP contribution is 2.21. The SMILES string of the molecule is CCOC(=O)c1ccc(Nc2nc(NCc3ccc(OCCCCCCCC(=O)OC(C)(C)C)cc3)nc(OCC(F)(F)F)n2)cc1. The monoisotopic (exact) mass is 661 g/mol. The van der Waals surface area contributed by atoms with Gasteiger partial charge in [0, 0.05) is 18.7 Å². The van der Waals surface area contributed by atoms with E-state index in [0.717, 1.165) is 37.7 Å². The Morgan fingerprint density at radius 3 is 2.13 bits per heavy atom. The summed E-state index contributed by atoms with van der Waals surface area (Å²) in [7, 11) is 0. The van der Waals surface area contributed by atoms with E-state index >= 15 is 0 Å². The average molecular weight is 662 g/mol. The molecular formula is C33H42F3N5O6. The minimum absolute atomic E-state index is 0.00533. The number of anilines is 3. The van der Waals surface area contributed by atoms with Gasteiger partial charge in [-0.3, -0.25) is 4.79 Å². The van der Waals surface area contributed by atoms with Crippen LogP contribution in [0.4, 0.5) is 30.8 Å². The third-order valence-corrected chi connectivity index (χ3v) is 6.22. The van der Waals surface area contributed by atoms with Gasteiger partial charge in [0.05, 0.1) is 18.8 Å². The third kappa shape index (κ3) is 15.0. The highest BCUT2D eigenvalue weighted by molar-refractivity contribution is 5.89. The first-order valence-corrected chi connectivity index (χ1v) is 15.5. The molecule has 0 radical (unpaired) electrons. The van der Waals surface area contributed by atoms with Crippen LogP contribution in [0.2, 0.25) is 0 Å². The highest BCUT2D eigenvalue weighted by Gasteiger charge is 2.29. The lowest BCUT2D eigenvalue weighted by atomic mass is 10.1. The number of rotatable bonds is 18. The molecule has 0 saturated heterocycles. The summed E-state index contributed by atoms with van der Waals surface area (Å²) in [5, 5.41) is 5.87. The van der Waals surface area contributed by atoms with Crippen LogP contribution in [0.25, 0.3) is 0 Å². The van der Waals surface area contributed by atoms with Gasteiger partial charge >= 0.3 is 24.1 Å². The molecule has 0 bridgehead atoms. The van der Waals surface area contributed by atoms with Crippen LogP contribution < -0.4 is 20.1 Å². The minimum atomic E-state index is -4.58. The molecule has 1 aromatic heterocycles. The van der Waals surface area contributed by atoms with Crippen molar-refractivity contribution in [2.75, 3.05) is 30.5 Å². The van der Waals surface area contributed by atoms with Crippen molar-refractivity contribution in [2.45, 2.75) is 84.5 Å². The largest absolute Gasteiger partial charge is 0.494 e. The smallest absolute Gasteiger partial charge is 0.422 e. The standard InChI is InChI=1S/C33H42F3N5O6/c1-5-44-28(43)24-14-16-25(17-15-24)38-30-39-29(40-31(41-30)46-22-33(34,35)36)37-21-23-12-18-26(19-13-23)45-20-10-8-6-7-9-11-27(42)47-32(2,3)4/h12-19H,5-11,20-22H2,1-4H3,(H2,37,38,39,40,41). The molecule has 0 fully saturated rings. The van der Waals surface area contributed by atoms with Gasteiger partial charge in [0.1, 0.15) is 11.4 Å². The quantitative estimate of drug-likeness (QED) is 0.104. The van der Waals surface area contributed by atoms with E-state index in [1.54, 1.807) is 19.1 Å². The number of benzene rings is 2. The van der Waals surface area contributed by atoms with Crippen LogP contribution in [0.15, 0.2) is 48.5 Å². The number of halogens is 3. The van der Waals surface area contributed by atoms with Gasteiger partial charge in [0.25, 0.3) is 0 Å². The molecule has 2 aromatic carbocycles. The van der Waals surface area contributed by atoms with Crippen molar-refractivity contribution in [3.8, 4) is 11.8 Å². The van der Waals surface area contributed by atoms with E-state index in [1.165, 1.54) is 12.1 Å². The van der Waals surface area contributed by atoms with E-state index < -0.39 is 30.4 Å². The summed E-state index contributed by atoms with van der Waals surface area (Å²) in [5.41, 5.74) is 1.21. The predicted molar refractivity (Wildman–Crippen MR) is 170 cm³/mol. The number of unbranched alkanes of at least 4 members (excludes halogenated alkanes) is 4. The molecule has 11 nitrogen and oxygen atoms in total. The first-order chi connectivity index (χ1) is 22.3. The van der Waals surface area contributed by atoms with Crippen LogP contribution in [-0.2, 0) is 20.8 Å². The summed E-state index contributed by atoms with van der Waals surface area (Å²) in [6.07, 6.45) is 0.509. The number of nitrogens with one attached hydrogen (secondary N) is 2. The topological polar surface area (TPSA) is 134 Å². The van der Waals surface area contributed by atoms with E-state index in [4.69, 9.17) is 18.9 Å². The highest BCUT2D eigenvalue weighted by atomic mass is 19.4. The molecular weight excluding hydrogens is 619 g/mol. The molecule has 0 aliphatic rings. The molecule has 3 rings (SSSR count). The second kappa shape index (κ2) is 17.9. The van der Waals surface area contributed by atoms with Crippen molar-refractivity contribution in [1.82, 2.24) is 15.0 Å². The first kappa shape index (κ1) is 36.8. The van der Waals surface area contributed by atoms with Crippen LogP contribution in [-0.4, -0.2) is 58.5 Å². The van der Waals surface area contributed by atoms with Crippen LogP contribution in [0, 0.1) is 0 Å². The predicted octanol–water partition coefficient (Wildman–Crippen LogP) is 7.41. The van der Waals surface area contributed by atoms with Gasteiger partial charge in [-0.1, -0.05) is 31.4 Å². The normalized spacial score (nSPS) is 11.5. The number of esters is 2. The molecule has 0 aliphatic carbocycles. The second-order valence-corrected chi connectivity index (χ2v) is 11.5. The molecule has 0 saturated carbocycles. The van der Waals surface area contributed by atoms with Crippen molar-refractivity contribution in [3.63, 3.8) is 0 Å². The fraction of sp³-hybridized carbons (Fsp3) is 0.485. The number of carbonyl (C=O) groups excluding carboxylic acids is 2. The van der Waals surface area contributed by atoms with E-state index in [2.05, 4.69) is 25.6 Å².